The lowest BCUT2D eigenvalue weighted by Gasteiger charge is -2.18. The van der Waals surface area contributed by atoms with Gasteiger partial charge in [-0.2, -0.15) is 0 Å². The fourth-order valence-electron chi connectivity index (χ4n) is 1.74. The number of likely N-dealkylation sites (N-methyl/N-ethyl adjacent to an activating group) is 1. The van der Waals surface area contributed by atoms with Gasteiger partial charge < -0.3 is 19.8 Å². The van der Waals surface area contributed by atoms with Crippen molar-refractivity contribution in [1.29, 1.82) is 0 Å². The Balaban J connectivity index is 2.44. The van der Waals surface area contributed by atoms with E-state index in [9.17, 15) is 9.90 Å². The molecule has 20 heavy (non-hydrogen) atoms. The van der Waals surface area contributed by atoms with Gasteiger partial charge in [-0.3, -0.25) is 0 Å². The molecular formula is C15H21NO4. The summed E-state index contributed by atoms with van der Waals surface area (Å²) >= 11 is 0. The van der Waals surface area contributed by atoms with E-state index < -0.39 is 5.97 Å². The molecule has 2 N–H and O–H groups in total. The van der Waals surface area contributed by atoms with E-state index in [2.05, 4.69) is 0 Å². The summed E-state index contributed by atoms with van der Waals surface area (Å²) in [6.07, 6.45) is 2.26. The van der Waals surface area contributed by atoms with Crippen molar-refractivity contribution in [2.45, 2.75) is 13.0 Å². The first-order valence-corrected chi connectivity index (χ1v) is 6.48. The van der Waals surface area contributed by atoms with Gasteiger partial charge in [-0.1, -0.05) is 12.1 Å². The van der Waals surface area contributed by atoms with Gasteiger partial charge in [-0.15, -0.1) is 0 Å². The highest BCUT2D eigenvalue weighted by Gasteiger charge is 2.03. The number of aliphatic carboxylic acids is 1. The smallest absolute Gasteiger partial charge is 0.328 e. The Hall–Kier alpha value is -1.85. The molecule has 1 aromatic carbocycles. The van der Waals surface area contributed by atoms with Gasteiger partial charge in [0.25, 0.3) is 0 Å². The Kier molecular flexibility index (Phi) is 6.76. The second kappa shape index (κ2) is 8.35. The van der Waals surface area contributed by atoms with Crippen LogP contribution in [0.15, 0.2) is 30.3 Å². The van der Waals surface area contributed by atoms with Gasteiger partial charge in [0.05, 0.1) is 6.10 Å². The van der Waals surface area contributed by atoms with E-state index in [1.54, 1.807) is 13.0 Å². The van der Waals surface area contributed by atoms with Gasteiger partial charge in [-0.25, -0.2) is 4.79 Å². The minimum absolute atomic E-state index is 0.357. The molecular weight excluding hydrogens is 258 g/mol. The first kappa shape index (κ1) is 16.2. The van der Waals surface area contributed by atoms with E-state index in [1.807, 2.05) is 30.1 Å². The average Bonchev–Trinajstić information content (AvgIpc) is 2.36. The van der Waals surface area contributed by atoms with Crippen molar-refractivity contribution in [2.24, 2.45) is 0 Å². The minimum Gasteiger partial charge on any atom is -0.492 e. The Morgan fingerprint density at radius 3 is 2.90 bits per heavy atom. The monoisotopic (exact) mass is 279 g/mol. The molecule has 0 radical (unpaired) electrons. The summed E-state index contributed by atoms with van der Waals surface area (Å²) in [6, 6.07) is 7.24. The van der Waals surface area contributed by atoms with Crippen molar-refractivity contribution in [1.82, 2.24) is 4.90 Å². The summed E-state index contributed by atoms with van der Waals surface area (Å²) in [5.74, 6) is -0.279. The highest BCUT2D eigenvalue weighted by molar-refractivity contribution is 5.85. The first-order valence-electron chi connectivity index (χ1n) is 6.48. The fourth-order valence-corrected chi connectivity index (χ4v) is 1.74. The molecule has 0 spiro atoms. The number of aliphatic hydroxyl groups excluding tert-OH is 1. The van der Waals surface area contributed by atoms with Crippen molar-refractivity contribution in [3.05, 3.63) is 35.9 Å². The zero-order chi connectivity index (χ0) is 15.0. The summed E-state index contributed by atoms with van der Waals surface area (Å²) < 4.78 is 5.60. The third-order valence-electron chi connectivity index (χ3n) is 2.59. The van der Waals surface area contributed by atoms with Crippen LogP contribution in [0.25, 0.3) is 6.08 Å². The number of ether oxygens (including phenoxy) is 1. The van der Waals surface area contributed by atoms with Crippen molar-refractivity contribution >= 4 is 12.0 Å². The molecule has 0 aliphatic rings. The fraction of sp³-hybridized carbons (Fsp3) is 0.400. The second-order valence-corrected chi connectivity index (χ2v) is 4.70. The number of benzene rings is 1. The Bertz CT molecular complexity index is 457. The molecule has 110 valence electrons. The number of aliphatic hydroxyl groups is 1. The molecule has 1 unspecified atom stereocenters. The molecule has 5 heteroatoms. The summed E-state index contributed by atoms with van der Waals surface area (Å²) in [5.41, 5.74) is 0.780. The van der Waals surface area contributed by atoms with Crippen LogP contribution < -0.4 is 4.74 Å². The predicted molar refractivity (Wildman–Crippen MR) is 77.8 cm³/mol. The van der Waals surface area contributed by atoms with Crippen LogP contribution in [0.2, 0.25) is 0 Å². The van der Waals surface area contributed by atoms with Crippen LogP contribution in [0, 0.1) is 0 Å². The normalized spacial score (nSPS) is 12.8. The molecule has 0 heterocycles. The van der Waals surface area contributed by atoms with Crippen molar-refractivity contribution in [3.63, 3.8) is 0 Å². The molecule has 0 aliphatic carbocycles. The molecule has 1 atom stereocenters. The van der Waals surface area contributed by atoms with Gasteiger partial charge in [0.2, 0.25) is 0 Å². The largest absolute Gasteiger partial charge is 0.492 e. The number of rotatable bonds is 8. The maximum Gasteiger partial charge on any atom is 0.328 e. The lowest BCUT2D eigenvalue weighted by molar-refractivity contribution is -0.131. The molecule has 0 saturated carbocycles. The van der Waals surface area contributed by atoms with E-state index in [0.717, 1.165) is 11.6 Å². The van der Waals surface area contributed by atoms with Crippen LogP contribution in [0.5, 0.6) is 5.75 Å². The topological polar surface area (TPSA) is 70.0 Å². The third-order valence-corrected chi connectivity index (χ3v) is 2.59. The van der Waals surface area contributed by atoms with Gasteiger partial charge >= 0.3 is 5.97 Å². The number of carbonyl (C=O) groups is 1. The van der Waals surface area contributed by atoms with Gasteiger partial charge in [0.1, 0.15) is 12.4 Å². The highest BCUT2D eigenvalue weighted by atomic mass is 16.5. The molecule has 1 aromatic rings. The van der Waals surface area contributed by atoms with Gasteiger partial charge in [0.15, 0.2) is 0 Å². The first-order chi connectivity index (χ1) is 9.47. The molecule has 0 aromatic heterocycles. The maximum atomic E-state index is 10.4. The molecule has 0 fully saturated rings. The zero-order valence-electron chi connectivity index (χ0n) is 11.8. The third kappa shape index (κ3) is 6.92. The lowest BCUT2D eigenvalue weighted by atomic mass is 10.2. The highest BCUT2D eigenvalue weighted by Crippen LogP contribution is 2.14. The van der Waals surface area contributed by atoms with Crippen LogP contribution >= 0.6 is 0 Å². The van der Waals surface area contributed by atoms with Crippen molar-refractivity contribution in [3.8, 4) is 5.75 Å². The molecule has 5 nitrogen and oxygen atoms in total. The summed E-state index contributed by atoms with van der Waals surface area (Å²) in [6.45, 7) is 3.57. The predicted octanol–water partition coefficient (Wildman–Crippen LogP) is 1.48. The zero-order valence-corrected chi connectivity index (χ0v) is 11.8. The summed E-state index contributed by atoms with van der Waals surface area (Å²) in [4.78, 5) is 12.4. The molecule has 1 rings (SSSR count). The SMILES string of the molecule is CC(O)CN(C)CCOc1cccc(C=CC(=O)O)c1. The Morgan fingerprint density at radius 2 is 2.25 bits per heavy atom. The number of hydrogen-bond acceptors (Lipinski definition) is 4. The molecule has 0 amide bonds. The van der Waals surface area contributed by atoms with E-state index in [-0.39, 0.29) is 6.10 Å². The van der Waals surface area contributed by atoms with E-state index in [4.69, 9.17) is 9.84 Å². The number of nitrogens with zero attached hydrogens (tertiary/aromatic N) is 1. The van der Waals surface area contributed by atoms with Crippen LogP contribution in [-0.4, -0.2) is 53.9 Å². The Labute approximate surface area is 119 Å². The van der Waals surface area contributed by atoms with E-state index >= 15 is 0 Å². The van der Waals surface area contributed by atoms with Crippen LogP contribution in [0.1, 0.15) is 12.5 Å². The summed E-state index contributed by atoms with van der Waals surface area (Å²) in [7, 11) is 1.92. The lowest BCUT2D eigenvalue weighted by Crippen LogP contribution is -2.30. The van der Waals surface area contributed by atoms with E-state index in [0.29, 0.717) is 25.4 Å². The second-order valence-electron chi connectivity index (χ2n) is 4.70. The van der Waals surface area contributed by atoms with Crippen molar-refractivity contribution < 1.29 is 19.7 Å². The van der Waals surface area contributed by atoms with Crippen LogP contribution in [0.4, 0.5) is 0 Å². The average molecular weight is 279 g/mol. The molecule has 0 bridgehead atoms. The van der Waals surface area contributed by atoms with E-state index in [1.165, 1.54) is 6.08 Å². The quantitative estimate of drug-likeness (QED) is 0.705. The number of hydrogen-bond donors (Lipinski definition) is 2. The summed E-state index contributed by atoms with van der Waals surface area (Å²) in [5, 5.41) is 17.8. The number of carboxylic acids is 1. The minimum atomic E-state index is -0.976. The number of carboxylic acid groups (broad SMARTS) is 1. The van der Waals surface area contributed by atoms with Crippen LogP contribution in [0.3, 0.4) is 0 Å². The van der Waals surface area contributed by atoms with Gasteiger partial charge in [-0.05, 0) is 37.7 Å². The maximum absolute atomic E-state index is 10.4. The standard InChI is InChI=1S/C15H21NO4/c1-12(17)11-16(2)8-9-20-14-5-3-4-13(10-14)6-7-15(18)19/h3-7,10,12,17H,8-9,11H2,1-2H3,(H,18,19). The molecule has 0 aliphatic heterocycles. The Morgan fingerprint density at radius 1 is 1.50 bits per heavy atom. The van der Waals surface area contributed by atoms with Crippen molar-refractivity contribution in [2.75, 3.05) is 26.7 Å². The van der Waals surface area contributed by atoms with Crippen LogP contribution in [-0.2, 0) is 4.79 Å². The van der Waals surface area contributed by atoms with Gasteiger partial charge in [0, 0.05) is 19.2 Å². The molecule has 0 saturated heterocycles.